The highest BCUT2D eigenvalue weighted by molar-refractivity contribution is 5.92. The average Bonchev–Trinajstić information content (AvgIpc) is 2.55. The van der Waals surface area contributed by atoms with Crippen molar-refractivity contribution in [1.82, 2.24) is 4.90 Å². The molecule has 1 aliphatic rings. The van der Waals surface area contributed by atoms with E-state index in [0.29, 0.717) is 6.61 Å². The third kappa shape index (κ3) is 4.45. The lowest BCUT2D eigenvalue weighted by atomic mass is 10.1. The molecule has 1 aromatic rings. The molecule has 0 radical (unpaired) electrons. The van der Waals surface area contributed by atoms with Gasteiger partial charge in [-0.2, -0.15) is 0 Å². The summed E-state index contributed by atoms with van der Waals surface area (Å²) in [6, 6.07) is 6.23. The number of anilines is 2. The standard InChI is InChI=1S/C17H27N3O2/c1-4-19-8-10-20(11-9-19)15-6-7-16(14(3)12-15)18-17(21)13-22-5-2/h6-7,12H,4-5,8-11,13H2,1-3H3,(H,18,21). The predicted molar refractivity (Wildman–Crippen MR) is 90.6 cm³/mol. The van der Waals surface area contributed by atoms with Crippen LogP contribution in [-0.4, -0.2) is 56.7 Å². The van der Waals surface area contributed by atoms with Crippen LogP contribution in [0.3, 0.4) is 0 Å². The second-order valence-corrected chi connectivity index (χ2v) is 5.61. The Morgan fingerprint density at radius 2 is 1.95 bits per heavy atom. The summed E-state index contributed by atoms with van der Waals surface area (Å²) in [5.41, 5.74) is 3.18. The van der Waals surface area contributed by atoms with Crippen molar-refractivity contribution >= 4 is 17.3 Å². The first kappa shape index (κ1) is 16.8. The predicted octanol–water partition coefficient (Wildman–Crippen LogP) is 2.11. The van der Waals surface area contributed by atoms with Crippen LogP contribution in [0.15, 0.2) is 18.2 Å². The van der Waals surface area contributed by atoms with Crippen LogP contribution in [-0.2, 0) is 9.53 Å². The van der Waals surface area contributed by atoms with Gasteiger partial charge in [-0.3, -0.25) is 4.79 Å². The Morgan fingerprint density at radius 1 is 1.23 bits per heavy atom. The van der Waals surface area contributed by atoms with Crippen molar-refractivity contribution in [2.75, 3.05) is 56.2 Å². The number of benzene rings is 1. The number of ether oxygens (including phenoxy) is 1. The molecule has 122 valence electrons. The van der Waals surface area contributed by atoms with Gasteiger partial charge in [0.15, 0.2) is 0 Å². The molecule has 5 nitrogen and oxygen atoms in total. The zero-order valence-corrected chi connectivity index (χ0v) is 13.9. The number of carbonyl (C=O) groups excluding carboxylic acids is 1. The Hall–Kier alpha value is -1.59. The molecule has 0 aromatic heterocycles. The first-order valence-electron chi connectivity index (χ1n) is 8.09. The quantitative estimate of drug-likeness (QED) is 0.874. The summed E-state index contributed by atoms with van der Waals surface area (Å²) < 4.78 is 5.12. The van der Waals surface area contributed by atoms with Gasteiger partial charge in [0.2, 0.25) is 5.91 Å². The lowest BCUT2D eigenvalue weighted by molar-refractivity contribution is -0.120. The van der Waals surface area contributed by atoms with Crippen molar-refractivity contribution in [3.63, 3.8) is 0 Å². The van der Waals surface area contributed by atoms with Gasteiger partial charge in [0.1, 0.15) is 6.61 Å². The molecule has 1 fully saturated rings. The zero-order chi connectivity index (χ0) is 15.9. The van der Waals surface area contributed by atoms with E-state index in [9.17, 15) is 4.79 Å². The van der Waals surface area contributed by atoms with Gasteiger partial charge in [-0.1, -0.05) is 6.92 Å². The van der Waals surface area contributed by atoms with Gasteiger partial charge in [-0.15, -0.1) is 0 Å². The number of carbonyl (C=O) groups is 1. The average molecular weight is 305 g/mol. The first-order chi connectivity index (χ1) is 10.6. The molecular weight excluding hydrogens is 278 g/mol. The monoisotopic (exact) mass is 305 g/mol. The molecule has 0 bridgehead atoms. The minimum atomic E-state index is -0.103. The summed E-state index contributed by atoms with van der Waals surface area (Å²) in [5.74, 6) is -0.103. The molecule has 1 aromatic carbocycles. The van der Waals surface area contributed by atoms with Crippen molar-refractivity contribution in [1.29, 1.82) is 0 Å². The molecule has 0 spiro atoms. The molecule has 5 heteroatoms. The van der Waals surface area contributed by atoms with Gasteiger partial charge < -0.3 is 19.9 Å². The van der Waals surface area contributed by atoms with Crippen LogP contribution in [0.5, 0.6) is 0 Å². The van der Waals surface area contributed by atoms with E-state index in [-0.39, 0.29) is 12.5 Å². The molecule has 1 N–H and O–H groups in total. The minimum Gasteiger partial charge on any atom is -0.372 e. The fourth-order valence-corrected chi connectivity index (χ4v) is 2.69. The molecule has 22 heavy (non-hydrogen) atoms. The topological polar surface area (TPSA) is 44.8 Å². The lowest BCUT2D eigenvalue weighted by Gasteiger charge is -2.35. The summed E-state index contributed by atoms with van der Waals surface area (Å²) in [6.07, 6.45) is 0. The number of likely N-dealkylation sites (N-methyl/N-ethyl adjacent to an activating group) is 1. The van der Waals surface area contributed by atoms with Crippen molar-refractivity contribution in [3.8, 4) is 0 Å². The summed E-state index contributed by atoms with van der Waals surface area (Å²) in [5, 5.41) is 2.90. The molecule has 0 aliphatic carbocycles. The molecule has 1 aliphatic heterocycles. The van der Waals surface area contributed by atoms with E-state index < -0.39 is 0 Å². The Kier molecular flexibility index (Phi) is 6.21. The number of nitrogens with one attached hydrogen (secondary N) is 1. The van der Waals surface area contributed by atoms with Crippen LogP contribution in [0.4, 0.5) is 11.4 Å². The Balaban J connectivity index is 1.96. The number of piperazine rings is 1. The van der Waals surface area contributed by atoms with Crippen LogP contribution >= 0.6 is 0 Å². The second kappa shape index (κ2) is 8.15. The third-order valence-corrected chi connectivity index (χ3v) is 4.11. The fraction of sp³-hybridized carbons (Fsp3) is 0.588. The number of rotatable bonds is 6. The highest BCUT2D eigenvalue weighted by Crippen LogP contribution is 2.23. The van der Waals surface area contributed by atoms with Gasteiger partial charge in [0.25, 0.3) is 0 Å². The van der Waals surface area contributed by atoms with Crippen molar-refractivity contribution in [2.45, 2.75) is 20.8 Å². The molecule has 1 heterocycles. The van der Waals surface area contributed by atoms with E-state index in [1.165, 1.54) is 5.69 Å². The Morgan fingerprint density at radius 3 is 2.55 bits per heavy atom. The fourth-order valence-electron chi connectivity index (χ4n) is 2.69. The maximum atomic E-state index is 11.7. The third-order valence-electron chi connectivity index (χ3n) is 4.11. The van der Waals surface area contributed by atoms with Gasteiger partial charge >= 0.3 is 0 Å². The number of hydrogen-bond acceptors (Lipinski definition) is 4. The zero-order valence-electron chi connectivity index (χ0n) is 13.9. The first-order valence-corrected chi connectivity index (χ1v) is 8.09. The van der Waals surface area contributed by atoms with Crippen molar-refractivity contribution in [2.24, 2.45) is 0 Å². The molecular formula is C17H27N3O2. The molecule has 2 rings (SSSR count). The summed E-state index contributed by atoms with van der Waals surface area (Å²) in [7, 11) is 0. The maximum Gasteiger partial charge on any atom is 0.250 e. The highest BCUT2D eigenvalue weighted by atomic mass is 16.5. The van der Waals surface area contributed by atoms with Crippen molar-refractivity contribution < 1.29 is 9.53 Å². The van der Waals surface area contributed by atoms with Gasteiger partial charge in [0, 0.05) is 44.2 Å². The SMILES string of the molecule is CCOCC(=O)Nc1ccc(N2CCN(CC)CC2)cc1C. The molecule has 0 unspecified atom stereocenters. The van der Waals surface area contributed by atoms with Gasteiger partial charge in [-0.05, 0) is 44.2 Å². The smallest absolute Gasteiger partial charge is 0.250 e. The van der Waals surface area contributed by atoms with Gasteiger partial charge in [0.05, 0.1) is 0 Å². The normalized spacial score (nSPS) is 15.9. The van der Waals surface area contributed by atoms with E-state index in [0.717, 1.165) is 44.0 Å². The minimum absolute atomic E-state index is 0.103. The summed E-state index contributed by atoms with van der Waals surface area (Å²) in [6.45, 7) is 12.2. The number of hydrogen-bond donors (Lipinski definition) is 1. The highest BCUT2D eigenvalue weighted by Gasteiger charge is 2.16. The van der Waals surface area contributed by atoms with E-state index in [1.54, 1.807) is 0 Å². The number of aryl methyl sites for hydroxylation is 1. The Labute approximate surface area is 133 Å². The van der Waals surface area contributed by atoms with E-state index in [2.05, 4.69) is 34.2 Å². The number of amides is 1. The molecule has 0 saturated carbocycles. The van der Waals surface area contributed by atoms with Crippen LogP contribution in [0.1, 0.15) is 19.4 Å². The van der Waals surface area contributed by atoms with Crippen LogP contribution in [0, 0.1) is 6.92 Å². The van der Waals surface area contributed by atoms with E-state index >= 15 is 0 Å². The maximum absolute atomic E-state index is 11.7. The van der Waals surface area contributed by atoms with E-state index in [1.807, 2.05) is 19.9 Å². The van der Waals surface area contributed by atoms with Crippen LogP contribution in [0.2, 0.25) is 0 Å². The molecule has 0 atom stereocenters. The largest absolute Gasteiger partial charge is 0.372 e. The molecule has 1 amide bonds. The van der Waals surface area contributed by atoms with Crippen LogP contribution in [0.25, 0.3) is 0 Å². The number of nitrogens with zero attached hydrogens (tertiary/aromatic N) is 2. The van der Waals surface area contributed by atoms with E-state index in [4.69, 9.17) is 4.74 Å². The summed E-state index contributed by atoms with van der Waals surface area (Å²) >= 11 is 0. The van der Waals surface area contributed by atoms with Gasteiger partial charge in [-0.25, -0.2) is 0 Å². The van der Waals surface area contributed by atoms with Crippen molar-refractivity contribution in [3.05, 3.63) is 23.8 Å². The lowest BCUT2D eigenvalue weighted by Crippen LogP contribution is -2.46. The second-order valence-electron chi connectivity index (χ2n) is 5.61. The van der Waals surface area contributed by atoms with Crippen LogP contribution < -0.4 is 10.2 Å². The Bertz CT molecular complexity index is 497. The molecule has 1 saturated heterocycles. The summed E-state index contributed by atoms with van der Waals surface area (Å²) in [4.78, 5) is 16.6.